The summed E-state index contributed by atoms with van der Waals surface area (Å²) in [4.78, 5) is 13.3. The zero-order valence-electron chi connectivity index (χ0n) is 15.5. The second kappa shape index (κ2) is 7.62. The van der Waals surface area contributed by atoms with Gasteiger partial charge in [0, 0.05) is 29.5 Å². The summed E-state index contributed by atoms with van der Waals surface area (Å²) in [5.41, 5.74) is 3.35. The summed E-state index contributed by atoms with van der Waals surface area (Å²) in [6.07, 6.45) is 4.08. The number of aliphatic hydroxyl groups excluding tert-OH is 1. The van der Waals surface area contributed by atoms with Gasteiger partial charge < -0.3 is 14.6 Å². The molecule has 0 saturated heterocycles. The minimum atomic E-state index is -1.06. The lowest BCUT2D eigenvalue weighted by atomic mass is 9.99. The molecule has 0 aliphatic rings. The molecule has 4 aromatic rings. The van der Waals surface area contributed by atoms with Crippen LogP contribution in [0.4, 0.5) is 0 Å². The maximum Gasteiger partial charge on any atom is 0.129 e. The van der Waals surface area contributed by atoms with Crippen molar-refractivity contribution in [2.75, 3.05) is 14.2 Å². The van der Waals surface area contributed by atoms with Crippen molar-refractivity contribution in [2.45, 2.75) is 6.10 Å². The number of fused-ring (bicyclic) bond motifs is 1. The van der Waals surface area contributed by atoms with E-state index in [1.54, 1.807) is 44.9 Å². The van der Waals surface area contributed by atoms with Crippen molar-refractivity contribution < 1.29 is 14.6 Å². The van der Waals surface area contributed by atoms with Gasteiger partial charge in [0.15, 0.2) is 0 Å². The molecular weight excluding hydrogens is 354 g/mol. The van der Waals surface area contributed by atoms with Crippen molar-refractivity contribution in [2.24, 2.45) is 0 Å². The van der Waals surface area contributed by atoms with E-state index in [9.17, 15) is 5.11 Å². The lowest BCUT2D eigenvalue weighted by Crippen LogP contribution is -2.08. The first-order chi connectivity index (χ1) is 13.7. The Bertz CT molecular complexity index is 1090. The number of pyridine rings is 3. The molecule has 0 bridgehead atoms. The highest BCUT2D eigenvalue weighted by atomic mass is 16.5. The molecule has 3 heterocycles. The molecule has 1 aromatic carbocycles. The lowest BCUT2D eigenvalue weighted by Gasteiger charge is -2.19. The average molecular weight is 373 g/mol. The minimum Gasteiger partial charge on any atom is -0.496 e. The quantitative estimate of drug-likeness (QED) is 0.573. The van der Waals surface area contributed by atoms with Crippen LogP contribution in [-0.2, 0) is 0 Å². The van der Waals surface area contributed by atoms with Crippen molar-refractivity contribution in [3.8, 4) is 22.8 Å². The molecule has 3 aromatic heterocycles. The highest BCUT2D eigenvalue weighted by Gasteiger charge is 2.24. The van der Waals surface area contributed by atoms with Crippen molar-refractivity contribution in [3.63, 3.8) is 0 Å². The van der Waals surface area contributed by atoms with Crippen LogP contribution in [0.15, 0.2) is 67.1 Å². The number of hydrogen-bond donors (Lipinski definition) is 1. The molecule has 0 fully saturated rings. The number of nitrogens with zero attached hydrogens (tertiary/aromatic N) is 3. The molecule has 0 aliphatic heterocycles. The van der Waals surface area contributed by atoms with Gasteiger partial charge in [-0.15, -0.1) is 0 Å². The molecule has 6 heteroatoms. The molecule has 1 N–H and O–H groups in total. The lowest BCUT2D eigenvalue weighted by molar-refractivity contribution is 0.206. The fraction of sp³-hybridized carbons (Fsp3) is 0.136. The molecule has 140 valence electrons. The van der Waals surface area contributed by atoms with E-state index in [1.165, 1.54) is 0 Å². The van der Waals surface area contributed by atoms with Gasteiger partial charge in [0.05, 0.1) is 36.7 Å². The Morgan fingerprint density at radius 3 is 2.29 bits per heavy atom. The fourth-order valence-electron chi connectivity index (χ4n) is 3.27. The molecule has 0 radical (unpaired) electrons. The Kier molecular flexibility index (Phi) is 4.87. The predicted octanol–water partition coefficient (Wildman–Crippen LogP) is 3.79. The maximum absolute atomic E-state index is 11.3. The van der Waals surface area contributed by atoms with Gasteiger partial charge in [-0.3, -0.25) is 9.97 Å². The standard InChI is InChI=1S/C22H19N3O3/c1-27-18-6-3-7-19(28-2)20(18)22(26)21-15-5-4-10-24-17(15)13-16(25-21)14-8-11-23-12-9-14/h3-13,22,26H,1-2H3. The van der Waals surface area contributed by atoms with Crippen LogP contribution in [0.2, 0.25) is 0 Å². The van der Waals surface area contributed by atoms with Gasteiger partial charge in [-0.25, -0.2) is 4.98 Å². The summed E-state index contributed by atoms with van der Waals surface area (Å²) in [5.74, 6) is 1.06. The third-order valence-corrected chi connectivity index (χ3v) is 4.60. The molecule has 28 heavy (non-hydrogen) atoms. The zero-order valence-corrected chi connectivity index (χ0v) is 15.5. The Morgan fingerprint density at radius 2 is 1.61 bits per heavy atom. The van der Waals surface area contributed by atoms with Crippen LogP contribution < -0.4 is 9.47 Å². The smallest absolute Gasteiger partial charge is 0.129 e. The van der Waals surface area contributed by atoms with E-state index in [4.69, 9.17) is 14.5 Å². The maximum atomic E-state index is 11.3. The number of methoxy groups -OCH3 is 2. The summed E-state index contributed by atoms with van der Waals surface area (Å²) in [5, 5.41) is 12.1. The van der Waals surface area contributed by atoms with E-state index in [0.717, 1.165) is 16.5 Å². The van der Waals surface area contributed by atoms with Gasteiger partial charge in [0.1, 0.15) is 17.6 Å². The molecule has 1 unspecified atom stereocenters. The molecule has 0 amide bonds. The van der Waals surface area contributed by atoms with Gasteiger partial charge in [-0.1, -0.05) is 6.07 Å². The largest absolute Gasteiger partial charge is 0.496 e. The number of ether oxygens (including phenoxy) is 2. The highest BCUT2D eigenvalue weighted by Crippen LogP contribution is 2.39. The van der Waals surface area contributed by atoms with E-state index in [0.29, 0.717) is 28.5 Å². The molecule has 4 rings (SSSR count). The topological polar surface area (TPSA) is 77.4 Å². The van der Waals surface area contributed by atoms with Gasteiger partial charge in [0.2, 0.25) is 0 Å². The number of aliphatic hydroxyl groups is 1. The first kappa shape index (κ1) is 17.9. The number of hydrogen-bond acceptors (Lipinski definition) is 6. The van der Waals surface area contributed by atoms with Crippen LogP contribution in [0, 0.1) is 0 Å². The summed E-state index contributed by atoms with van der Waals surface area (Å²) < 4.78 is 10.9. The summed E-state index contributed by atoms with van der Waals surface area (Å²) in [6, 6.07) is 14.8. The molecule has 1 atom stereocenters. The number of rotatable bonds is 5. The van der Waals surface area contributed by atoms with Crippen molar-refractivity contribution >= 4 is 10.9 Å². The normalized spacial score (nSPS) is 12.0. The van der Waals surface area contributed by atoms with E-state index in [2.05, 4.69) is 9.97 Å². The van der Waals surface area contributed by atoms with Crippen LogP contribution in [0.3, 0.4) is 0 Å². The fourth-order valence-corrected chi connectivity index (χ4v) is 3.27. The van der Waals surface area contributed by atoms with Crippen molar-refractivity contribution in [1.29, 1.82) is 0 Å². The summed E-state index contributed by atoms with van der Waals surface area (Å²) in [7, 11) is 3.12. The van der Waals surface area contributed by atoms with Crippen LogP contribution in [0.1, 0.15) is 17.4 Å². The van der Waals surface area contributed by atoms with Crippen LogP contribution >= 0.6 is 0 Å². The minimum absolute atomic E-state index is 0.486. The van der Waals surface area contributed by atoms with Crippen LogP contribution in [-0.4, -0.2) is 34.3 Å². The second-order valence-corrected chi connectivity index (χ2v) is 6.18. The summed E-state index contributed by atoms with van der Waals surface area (Å²) >= 11 is 0. The molecule has 6 nitrogen and oxygen atoms in total. The Balaban J connectivity index is 1.96. The third-order valence-electron chi connectivity index (χ3n) is 4.60. The van der Waals surface area contributed by atoms with Gasteiger partial charge >= 0.3 is 0 Å². The second-order valence-electron chi connectivity index (χ2n) is 6.18. The Hall–Kier alpha value is -3.51. The Labute approximate surface area is 162 Å². The van der Waals surface area contributed by atoms with Crippen LogP contribution in [0.5, 0.6) is 11.5 Å². The number of benzene rings is 1. The first-order valence-electron chi connectivity index (χ1n) is 8.78. The van der Waals surface area contributed by atoms with E-state index >= 15 is 0 Å². The highest BCUT2D eigenvalue weighted by molar-refractivity contribution is 5.85. The number of aromatic nitrogens is 3. The van der Waals surface area contributed by atoms with E-state index in [1.807, 2.05) is 36.4 Å². The SMILES string of the molecule is COc1cccc(OC)c1C(O)c1nc(-c2ccncc2)cc2ncccc12. The predicted molar refractivity (Wildman–Crippen MR) is 106 cm³/mol. The van der Waals surface area contributed by atoms with E-state index in [-0.39, 0.29) is 0 Å². The van der Waals surface area contributed by atoms with Gasteiger partial charge in [0.25, 0.3) is 0 Å². The molecule has 0 spiro atoms. The van der Waals surface area contributed by atoms with Crippen molar-refractivity contribution in [1.82, 2.24) is 15.0 Å². The van der Waals surface area contributed by atoms with Crippen molar-refractivity contribution in [3.05, 3.63) is 78.4 Å². The molecule has 0 saturated carbocycles. The average Bonchev–Trinajstić information content (AvgIpc) is 2.77. The summed E-state index contributed by atoms with van der Waals surface area (Å²) in [6.45, 7) is 0. The van der Waals surface area contributed by atoms with Gasteiger partial charge in [-0.2, -0.15) is 0 Å². The third kappa shape index (κ3) is 3.14. The molecular formula is C22H19N3O3. The van der Waals surface area contributed by atoms with E-state index < -0.39 is 6.10 Å². The Morgan fingerprint density at radius 1 is 0.893 bits per heavy atom. The van der Waals surface area contributed by atoms with Crippen LogP contribution in [0.25, 0.3) is 22.2 Å². The first-order valence-corrected chi connectivity index (χ1v) is 8.78. The monoisotopic (exact) mass is 373 g/mol. The van der Waals surface area contributed by atoms with Gasteiger partial charge in [-0.05, 0) is 42.5 Å². The zero-order chi connectivity index (χ0) is 19.5. The molecule has 0 aliphatic carbocycles.